The molecule has 1 saturated heterocycles. The van der Waals surface area contributed by atoms with Crippen LogP contribution in [0.5, 0.6) is 5.75 Å². The third-order valence-electron chi connectivity index (χ3n) is 9.17. The van der Waals surface area contributed by atoms with Crippen molar-refractivity contribution >= 4 is 40.7 Å². The SMILES string of the molecule is CCC[C@H]1N(C(=O)c2ncccc2C(F)(F)F)CCC[C@]1(Oc1csc(C(F)(F)F)c1)C(=O)N1Cc2ccc(Cl)cc2C[C@@H]1CCC(=O)NC. The highest BCUT2D eigenvalue weighted by atomic mass is 35.5. The van der Waals surface area contributed by atoms with Gasteiger partial charge in [0.25, 0.3) is 11.8 Å². The minimum atomic E-state index is -4.91. The van der Waals surface area contributed by atoms with Crippen LogP contribution in [0.2, 0.25) is 5.02 Å². The lowest BCUT2D eigenvalue weighted by molar-refractivity contribution is -0.163. The van der Waals surface area contributed by atoms with E-state index in [1.54, 1.807) is 25.1 Å². The normalized spacial score (nSPS) is 21.1. The maximum atomic E-state index is 15.2. The molecule has 0 bridgehead atoms. The summed E-state index contributed by atoms with van der Waals surface area (Å²) >= 11 is 6.65. The average Bonchev–Trinajstić information content (AvgIpc) is 3.55. The number of thiophene rings is 1. The molecule has 2 aliphatic rings. The number of benzene rings is 1. The Bertz CT molecular complexity index is 1730. The van der Waals surface area contributed by atoms with Crippen LogP contribution in [-0.2, 0) is 34.9 Å². The summed E-state index contributed by atoms with van der Waals surface area (Å²) in [6.07, 6.45) is -7.51. The van der Waals surface area contributed by atoms with Gasteiger partial charge in [-0.15, -0.1) is 11.3 Å². The monoisotopic (exact) mass is 744 g/mol. The van der Waals surface area contributed by atoms with Crippen molar-refractivity contribution in [3.8, 4) is 5.75 Å². The van der Waals surface area contributed by atoms with Crippen LogP contribution in [0.25, 0.3) is 0 Å². The fraction of sp³-hybridized carbons (Fsp3) is 0.471. The van der Waals surface area contributed by atoms with Gasteiger partial charge in [0, 0.05) is 61.7 Å². The first-order chi connectivity index (χ1) is 23.6. The minimum Gasteiger partial charge on any atom is -0.474 e. The van der Waals surface area contributed by atoms with Crippen molar-refractivity contribution in [1.29, 1.82) is 0 Å². The number of hydrogen-bond donors (Lipinski definition) is 1. The Hall–Kier alpha value is -3.85. The maximum Gasteiger partial charge on any atom is 0.425 e. The van der Waals surface area contributed by atoms with Gasteiger partial charge in [-0.25, -0.2) is 0 Å². The van der Waals surface area contributed by atoms with Gasteiger partial charge in [-0.3, -0.25) is 19.4 Å². The first-order valence-electron chi connectivity index (χ1n) is 16.1. The zero-order valence-corrected chi connectivity index (χ0v) is 28.7. The molecule has 1 N–H and O–H groups in total. The summed E-state index contributed by atoms with van der Waals surface area (Å²) in [5.74, 6) is -2.25. The number of ether oxygens (including phenoxy) is 1. The van der Waals surface area contributed by atoms with Crippen molar-refractivity contribution in [2.45, 2.75) is 88.5 Å². The van der Waals surface area contributed by atoms with Crippen molar-refractivity contribution in [2.75, 3.05) is 13.6 Å². The quantitative estimate of drug-likeness (QED) is 0.229. The van der Waals surface area contributed by atoms with Crippen LogP contribution in [0, 0.1) is 0 Å². The largest absolute Gasteiger partial charge is 0.474 e. The highest BCUT2D eigenvalue weighted by Gasteiger charge is 2.57. The first-order valence-corrected chi connectivity index (χ1v) is 17.3. The number of pyridine rings is 1. The highest BCUT2D eigenvalue weighted by Crippen LogP contribution is 2.44. The third kappa shape index (κ3) is 7.73. The van der Waals surface area contributed by atoms with Gasteiger partial charge in [0.1, 0.15) is 16.3 Å². The number of piperidine rings is 1. The Labute approximate surface area is 293 Å². The van der Waals surface area contributed by atoms with E-state index in [-0.39, 0.29) is 56.9 Å². The first kappa shape index (κ1) is 37.4. The minimum absolute atomic E-state index is 0.0392. The van der Waals surface area contributed by atoms with Gasteiger partial charge in [-0.1, -0.05) is 31.0 Å². The van der Waals surface area contributed by atoms with Gasteiger partial charge in [-0.05, 0) is 61.1 Å². The molecule has 0 spiro atoms. The Morgan fingerprint density at radius 1 is 1.06 bits per heavy atom. The van der Waals surface area contributed by atoms with Crippen LogP contribution >= 0.6 is 22.9 Å². The zero-order valence-electron chi connectivity index (χ0n) is 27.2. The molecule has 16 heteroatoms. The molecule has 50 heavy (non-hydrogen) atoms. The Kier molecular flexibility index (Phi) is 11.1. The number of nitrogens with zero attached hydrogens (tertiary/aromatic N) is 3. The van der Waals surface area contributed by atoms with E-state index in [0.29, 0.717) is 29.2 Å². The van der Waals surface area contributed by atoms with E-state index in [9.17, 15) is 35.9 Å². The number of carbonyl (C=O) groups excluding carboxylic acids is 3. The van der Waals surface area contributed by atoms with Crippen molar-refractivity contribution in [3.05, 3.63) is 80.3 Å². The standard InChI is InChI=1S/C34H35ClF6N4O4S/c1-3-6-26-32(49-24-17-27(50-19-24)34(39,40)41,12-5-14-44(26)30(47)29-25(33(36,37)38)7-4-13-43-29)31(48)45-18-20-8-9-22(35)15-21(20)16-23(45)10-11-28(46)42-2/h4,7-9,13,15,17,19,23,26H,3,5-6,10-12,14,16,18H2,1-2H3,(H,42,46)/t23-,26+,32+/m0/s1. The topological polar surface area (TPSA) is 91.8 Å². The van der Waals surface area contributed by atoms with E-state index in [2.05, 4.69) is 10.3 Å². The van der Waals surface area contributed by atoms with Gasteiger partial charge in [-0.2, -0.15) is 26.3 Å². The van der Waals surface area contributed by atoms with E-state index in [4.69, 9.17) is 16.3 Å². The molecule has 3 aromatic rings. The molecular formula is C34H35ClF6N4O4S. The number of hydrogen-bond acceptors (Lipinski definition) is 6. The molecule has 5 rings (SSSR count). The Balaban J connectivity index is 1.64. The van der Waals surface area contributed by atoms with Gasteiger partial charge >= 0.3 is 12.4 Å². The van der Waals surface area contributed by atoms with Crippen molar-refractivity contribution < 1.29 is 45.5 Å². The molecule has 1 fully saturated rings. The van der Waals surface area contributed by atoms with Gasteiger partial charge in [0.2, 0.25) is 11.5 Å². The van der Waals surface area contributed by atoms with Crippen LogP contribution in [0.15, 0.2) is 48.0 Å². The van der Waals surface area contributed by atoms with Crippen molar-refractivity contribution in [2.24, 2.45) is 0 Å². The Morgan fingerprint density at radius 2 is 1.82 bits per heavy atom. The molecule has 0 radical (unpaired) electrons. The number of alkyl halides is 6. The number of carbonyl (C=O) groups is 3. The molecule has 3 amide bonds. The second-order valence-electron chi connectivity index (χ2n) is 12.4. The fourth-order valence-corrected chi connectivity index (χ4v) is 7.72. The van der Waals surface area contributed by atoms with Gasteiger partial charge in [0.15, 0.2) is 0 Å². The summed E-state index contributed by atoms with van der Waals surface area (Å²) in [6, 6.07) is 6.00. The smallest absolute Gasteiger partial charge is 0.425 e. The predicted molar refractivity (Wildman–Crippen MR) is 174 cm³/mol. The Morgan fingerprint density at radius 3 is 2.48 bits per heavy atom. The van der Waals surface area contributed by atoms with Crippen LogP contribution in [0.4, 0.5) is 26.3 Å². The number of fused-ring (bicyclic) bond motifs is 1. The number of likely N-dealkylation sites (tertiary alicyclic amines) is 1. The average molecular weight is 745 g/mol. The lowest BCUT2D eigenvalue weighted by atomic mass is 9.78. The maximum absolute atomic E-state index is 15.2. The van der Waals surface area contributed by atoms with Crippen LogP contribution in [0.3, 0.4) is 0 Å². The molecule has 0 aliphatic carbocycles. The van der Waals surface area contributed by atoms with E-state index in [1.165, 1.54) is 11.9 Å². The molecule has 2 aliphatic heterocycles. The lowest BCUT2D eigenvalue weighted by Crippen LogP contribution is -2.69. The van der Waals surface area contributed by atoms with Crippen molar-refractivity contribution in [3.63, 3.8) is 0 Å². The second-order valence-corrected chi connectivity index (χ2v) is 13.7. The molecule has 0 unspecified atom stereocenters. The molecule has 3 atom stereocenters. The highest BCUT2D eigenvalue weighted by molar-refractivity contribution is 7.10. The summed E-state index contributed by atoms with van der Waals surface area (Å²) in [4.78, 5) is 47.1. The van der Waals surface area contributed by atoms with Crippen molar-refractivity contribution in [1.82, 2.24) is 20.1 Å². The molecular weight excluding hydrogens is 710 g/mol. The number of rotatable bonds is 9. The van der Waals surface area contributed by atoms with Crippen LogP contribution in [-0.4, -0.2) is 63.8 Å². The molecule has 2 aromatic heterocycles. The number of amides is 3. The van der Waals surface area contributed by atoms with Crippen LogP contribution in [0.1, 0.15) is 77.5 Å². The fourth-order valence-electron chi connectivity index (χ4n) is 6.85. The molecule has 8 nitrogen and oxygen atoms in total. The third-order valence-corrected chi connectivity index (χ3v) is 10.4. The zero-order chi connectivity index (χ0) is 36.4. The van der Waals surface area contributed by atoms with E-state index in [1.807, 2.05) is 0 Å². The van der Waals surface area contributed by atoms with E-state index >= 15 is 4.79 Å². The predicted octanol–water partition coefficient (Wildman–Crippen LogP) is 7.54. The van der Waals surface area contributed by atoms with Gasteiger partial charge < -0.3 is 19.9 Å². The number of halogens is 7. The number of aromatic nitrogens is 1. The van der Waals surface area contributed by atoms with Gasteiger partial charge in [0.05, 0.1) is 11.6 Å². The summed E-state index contributed by atoms with van der Waals surface area (Å²) < 4.78 is 89.6. The lowest BCUT2D eigenvalue weighted by Gasteiger charge is -2.51. The second kappa shape index (κ2) is 14.8. The number of nitrogens with one attached hydrogen (secondary N) is 1. The summed E-state index contributed by atoms with van der Waals surface area (Å²) in [5.41, 5.74) is -2.51. The summed E-state index contributed by atoms with van der Waals surface area (Å²) in [6.45, 7) is 1.75. The van der Waals surface area contributed by atoms with Crippen LogP contribution < -0.4 is 10.1 Å². The summed E-state index contributed by atoms with van der Waals surface area (Å²) in [5, 5.41) is 4.16. The summed E-state index contributed by atoms with van der Waals surface area (Å²) in [7, 11) is 1.48. The molecule has 1 aromatic carbocycles. The van der Waals surface area contributed by atoms with E-state index < -0.39 is 58.0 Å². The van der Waals surface area contributed by atoms with E-state index in [0.717, 1.165) is 45.8 Å². The molecule has 0 saturated carbocycles. The molecule has 270 valence electrons. The molecule has 4 heterocycles.